The molecule has 1 rings (SSSR count). The lowest BCUT2D eigenvalue weighted by atomic mass is 9.89. The van der Waals surface area contributed by atoms with E-state index in [1.54, 1.807) is 6.07 Å². The summed E-state index contributed by atoms with van der Waals surface area (Å²) in [5.74, 6) is -2.39. The molecule has 0 heterocycles. The van der Waals surface area contributed by atoms with Crippen LogP contribution in [0.15, 0.2) is 24.3 Å². The van der Waals surface area contributed by atoms with Crippen molar-refractivity contribution in [2.45, 2.75) is 12.0 Å². The van der Waals surface area contributed by atoms with Gasteiger partial charge in [-0.05, 0) is 6.07 Å². The highest BCUT2D eigenvalue weighted by Crippen LogP contribution is 2.30. The van der Waals surface area contributed by atoms with Gasteiger partial charge in [0.25, 0.3) is 0 Å². The molecule has 0 saturated carbocycles. The summed E-state index contributed by atoms with van der Waals surface area (Å²) in [6.07, 6.45) is -0.701. The smallest absolute Gasteiger partial charge is 0.341 e. The molecule has 1 atom stereocenters. The van der Waals surface area contributed by atoms with E-state index in [9.17, 15) is 14.7 Å². The lowest BCUT2D eigenvalue weighted by Gasteiger charge is -2.23. The van der Waals surface area contributed by atoms with Crippen LogP contribution in [0.5, 0.6) is 0 Å². The number of carboxylic acid groups (broad SMARTS) is 1. The molecule has 0 spiro atoms. The van der Waals surface area contributed by atoms with Crippen molar-refractivity contribution >= 4 is 17.6 Å². The number of rotatable bonds is 4. The molecule has 0 radical (unpaired) electrons. The number of anilines is 1. The molecule has 0 bridgehead atoms. The summed E-state index contributed by atoms with van der Waals surface area (Å²) < 4.78 is 4.35. The zero-order valence-electron chi connectivity index (χ0n) is 9.21. The fourth-order valence-electron chi connectivity index (χ4n) is 1.44. The van der Waals surface area contributed by atoms with Gasteiger partial charge in [0.15, 0.2) is 5.60 Å². The number of aliphatic hydroxyl groups is 1. The quantitative estimate of drug-likeness (QED) is 0.508. The third-order valence-corrected chi connectivity index (χ3v) is 2.39. The Balaban J connectivity index is 3.21. The van der Waals surface area contributed by atoms with Gasteiger partial charge in [0.2, 0.25) is 0 Å². The van der Waals surface area contributed by atoms with Crippen molar-refractivity contribution < 1.29 is 24.5 Å². The van der Waals surface area contributed by atoms with E-state index in [1.807, 2.05) is 0 Å². The second-order valence-corrected chi connectivity index (χ2v) is 3.51. The Morgan fingerprint density at radius 3 is 2.47 bits per heavy atom. The fraction of sp³-hybridized carbons (Fsp3) is 0.273. The average Bonchev–Trinajstić information content (AvgIpc) is 2.28. The predicted octanol–water partition coefficient (Wildman–Crippen LogP) is 0.104. The van der Waals surface area contributed by atoms with Gasteiger partial charge in [0.1, 0.15) is 0 Å². The Kier molecular flexibility index (Phi) is 3.69. The van der Waals surface area contributed by atoms with Crippen LogP contribution in [0.1, 0.15) is 12.0 Å². The number of aliphatic carboxylic acids is 1. The maximum Gasteiger partial charge on any atom is 0.341 e. The minimum atomic E-state index is -2.38. The number of hydrogen-bond acceptors (Lipinski definition) is 5. The van der Waals surface area contributed by atoms with Gasteiger partial charge in [-0.15, -0.1) is 0 Å². The lowest BCUT2D eigenvalue weighted by Crippen LogP contribution is -2.38. The number of methoxy groups -OCH3 is 1. The third-order valence-electron chi connectivity index (χ3n) is 2.39. The molecule has 0 aliphatic rings. The van der Waals surface area contributed by atoms with Gasteiger partial charge in [0, 0.05) is 11.3 Å². The zero-order valence-corrected chi connectivity index (χ0v) is 9.21. The van der Waals surface area contributed by atoms with Gasteiger partial charge in [-0.1, -0.05) is 18.2 Å². The summed E-state index contributed by atoms with van der Waals surface area (Å²) >= 11 is 0. The number of ether oxygens (including phenoxy) is 1. The average molecular weight is 239 g/mol. The van der Waals surface area contributed by atoms with Gasteiger partial charge in [0.05, 0.1) is 13.5 Å². The van der Waals surface area contributed by atoms with E-state index in [1.165, 1.54) is 18.2 Å². The maximum absolute atomic E-state index is 11.1. The second-order valence-electron chi connectivity index (χ2n) is 3.51. The minimum Gasteiger partial charge on any atom is -0.479 e. The first-order valence-electron chi connectivity index (χ1n) is 4.79. The first-order chi connectivity index (χ1) is 7.91. The molecule has 0 aliphatic carbocycles. The molecule has 6 nitrogen and oxygen atoms in total. The molecular formula is C11H13NO5. The molecule has 1 aromatic rings. The van der Waals surface area contributed by atoms with Crippen LogP contribution in [0.3, 0.4) is 0 Å². The van der Waals surface area contributed by atoms with Crippen LogP contribution in [0, 0.1) is 0 Å². The van der Waals surface area contributed by atoms with Crippen LogP contribution in [0.25, 0.3) is 0 Å². The fourth-order valence-corrected chi connectivity index (χ4v) is 1.44. The largest absolute Gasteiger partial charge is 0.479 e. The number of nitrogens with two attached hydrogens (primary N) is 1. The van der Waals surface area contributed by atoms with Crippen molar-refractivity contribution in [3.05, 3.63) is 29.8 Å². The Morgan fingerprint density at radius 2 is 2.00 bits per heavy atom. The van der Waals surface area contributed by atoms with Gasteiger partial charge in [-0.25, -0.2) is 4.79 Å². The molecule has 1 aromatic carbocycles. The number of para-hydroxylation sites is 1. The lowest BCUT2D eigenvalue weighted by molar-refractivity contribution is -0.167. The summed E-state index contributed by atoms with van der Waals surface area (Å²) in [7, 11) is 1.11. The van der Waals surface area contributed by atoms with Crippen LogP contribution < -0.4 is 5.73 Å². The maximum atomic E-state index is 11.1. The molecule has 0 aromatic heterocycles. The van der Waals surface area contributed by atoms with Gasteiger partial charge >= 0.3 is 11.9 Å². The Morgan fingerprint density at radius 1 is 1.41 bits per heavy atom. The normalized spacial score (nSPS) is 13.8. The number of carbonyl (C=O) groups is 2. The standard InChI is InChI=1S/C11H13NO5/c1-17-9(13)6-11(16,10(14)15)7-4-2-3-5-8(7)12/h2-5,16H,6,12H2,1H3,(H,14,15). The highest BCUT2D eigenvalue weighted by molar-refractivity contribution is 5.87. The first-order valence-corrected chi connectivity index (χ1v) is 4.79. The zero-order chi connectivity index (χ0) is 13.1. The van der Waals surface area contributed by atoms with Crippen molar-refractivity contribution in [2.75, 3.05) is 12.8 Å². The van der Waals surface area contributed by atoms with Crippen LogP contribution in [-0.4, -0.2) is 29.3 Å². The van der Waals surface area contributed by atoms with Crippen molar-refractivity contribution in [3.63, 3.8) is 0 Å². The topological polar surface area (TPSA) is 110 Å². The van der Waals surface area contributed by atoms with E-state index < -0.39 is 24.0 Å². The van der Waals surface area contributed by atoms with E-state index in [-0.39, 0.29) is 11.3 Å². The number of nitrogen functional groups attached to an aromatic ring is 1. The molecule has 4 N–H and O–H groups in total. The summed E-state index contributed by atoms with van der Waals surface area (Å²) in [6, 6.07) is 5.92. The highest BCUT2D eigenvalue weighted by Gasteiger charge is 2.42. The number of esters is 1. The molecule has 17 heavy (non-hydrogen) atoms. The first kappa shape index (κ1) is 13.0. The molecule has 92 valence electrons. The van der Waals surface area contributed by atoms with Crippen LogP contribution in [0.2, 0.25) is 0 Å². The van der Waals surface area contributed by atoms with E-state index in [0.29, 0.717) is 0 Å². The third kappa shape index (κ3) is 2.54. The number of benzene rings is 1. The molecule has 0 aliphatic heterocycles. The molecule has 0 fully saturated rings. The number of hydrogen-bond donors (Lipinski definition) is 3. The Labute approximate surface area is 97.6 Å². The predicted molar refractivity (Wildman–Crippen MR) is 59.0 cm³/mol. The number of carbonyl (C=O) groups excluding carboxylic acids is 1. The Hall–Kier alpha value is -2.08. The van der Waals surface area contributed by atoms with E-state index in [0.717, 1.165) is 7.11 Å². The summed E-state index contributed by atoms with van der Waals surface area (Å²) in [4.78, 5) is 22.2. The molecule has 0 saturated heterocycles. The summed E-state index contributed by atoms with van der Waals surface area (Å²) in [5, 5.41) is 19.1. The second kappa shape index (κ2) is 4.84. The van der Waals surface area contributed by atoms with Gasteiger partial charge in [-0.3, -0.25) is 4.79 Å². The highest BCUT2D eigenvalue weighted by atomic mass is 16.5. The molecule has 0 amide bonds. The molecule has 6 heteroatoms. The van der Waals surface area contributed by atoms with Crippen molar-refractivity contribution in [2.24, 2.45) is 0 Å². The van der Waals surface area contributed by atoms with E-state index in [2.05, 4.69) is 4.74 Å². The van der Waals surface area contributed by atoms with Gasteiger partial charge in [-0.2, -0.15) is 0 Å². The minimum absolute atomic E-state index is 0.0297. The van der Waals surface area contributed by atoms with Crippen LogP contribution in [0.4, 0.5) is 5.69 Å². The summed E-state index contributed by atoms with van der Waals surface area (Å²) in [6.45, 7) is 0. The van der Waals surface area contributed by atoms with Crippen LogP contribution >= 0.6 is 0 Å². The van der Waals surface area contributed by atoms with Gasteiger partial charge < -0.3 is 20.7 Å². The number of carboxylic acids is 1. The molecule has 1 unspecified atom stereocenters. The van der Waals surface area contributed by atoms with Crippen LogP contribution in [-0.2, 0) is 19.9 Å². The van der Waals surface area contributed by atoms with Crippen molar-refractivity contribution in [1.82, 2.24) is 0 Å². The van der Waals surface area contributed by atoms with E-state index >= 15 is 0 Å². The monoisotopic (exact) mass is 239 g/mol. The van der Waals surface area contributed by atoms with Crippen molar-refractivity contribution in [3.8, 4) is 0 Å². The van der Waals surface area contributed by atoms with Crippen molar-refractivity contribution in [1.29, 1.82) is 0 Å². The SMILES string of the molecule is COC(=O)CC(O)(C(=O)O)c1ccccc1N. The molecular weight excluding hydrogens is 226 g/mol. The summed E-state index contributed by atoms with van der Waals surface area (Å²) in [5.41, 5.74) is 3.28. The van der Waals surface area contributed by atoms with E-state index in [4.69, 9.17) is 10.8 Å². The Bertz CT molecular complexity index is 445.